The van der Waals surface area contributed by atoms with Crippen molar-refractivity contribution < 1.29 is 9.13 Å². The molecule has 0 aliphatic rings. The van der Waals surface area contributed by atoms with Gasteiger partial charge < -0.3 is 10.5 Å². The molecule has 0 fully saturated rings. The molecule has 1 aromatic carbocycles. The molecule has 0 unspecified atom stereocenters. The molecule has 3 nitrogen and oxygen atoms in total. The number of ether oxygens (including phenoxy) is 1. The third-order valence-electron chi connectivity index (χ3n) is 2.99. The fourth-order valence-electron chi connectivity index (χ4n) is 1.96. The van der Waals surface area contributed by atoms with E-state index in [0.717, 1.165) is 22.5 Å². The number of pyridine rings is 1. The van der Waals surface area contributed by atoms with Crippen molar-refractivity contribution in [3.63, 3.8) is 0 Å². The van der Waals surface area contributed by atoms with Gasteiger partial charge in [-0.15, -0.1) is 0 Å². The molecule has 19 heavy (non-hydrogen) atoms. The van der Waals surface area contributed by atoms with Crippen LogP contribution >= 0.6 is 0 Å². The van der Waals surface area contributed by atoms with E-state index in [1.165, 1.54) is 12.1 Å². The Morgan fingerprint density at radius 1 is 1.16 bits per heavy atom. The predicted molar refractivity (Wildman–Crippen MR) is 72.8 cm³/mol. The van der Waals surface area contributed by atoms with Gasteiger partial charge in [0.25, 0.3) is 0 Å². The van der Waals surface area contributed by atoms with E-state index in [0.29, 0.717) is 18.0 Å². The number of halogens is 1. The molecule has 1 heterocycles. The van der Waals surface area contributed by atoms with Crippen molar-refractivity contribution in [2.45, 2.75) is 27.3 Å². The van der Waals surface area contributed by atoms with Crippen molar-refractivity contribution in [2.75, 3.05) is 0 Å². The lowest BCUT2D eigenvalue weighted by atomic mass is 10.1. The van der Waals surface area contributed by atoms with Gasteiger partial charge in [0.05, 0.1) is 0 Å². The largest absolute Gasteiger partial charge is 0.457 e. The van der Waals surface area contributed by atoms with Crippen molar-refractivity contribution in [1.82, 2.24) is 4.98 Å². The van der Waals surface area contributed by atoms with E-state index in [4.69, 9.17) is 10.5 Å². The predicted octanol–water partition coefficient (Wildman–Crippen LogP) is 3.40. The molecule has 2 aromatic rings. The number of benzene rings is 1. The topological polar surface area (TPSA) is 48.1 Å². The lowest BCUT2D eigenvalue weighted by Crippen LogP contribution is -2.05. The Bertz CT molecular complexity index is 611. The van der Waals surface area contributed by atoms with Crippen molar-refractivity contribution in [2.24, 2.45) is 5.73 Å². The zero-order valence-corrected chi connectivity index (χ0v) is 11.3. The van der Waals surface area contributed by atoms with Gasteiger partial charge in [-0.25, -0.2) is 4.39 Å². The van der Waals surface area contributed by atoms with Gasteiger partial charge in [-0.1, -0.05) is 6.07 Å². The summed E-state index contributed by atoms with van der Waals surface area (Å²) < 4.78 is 19.1. The first-order valence-corrected chi connectivity index (χ1v) is 6.12. The lowest BCUT2D eigenvalue weighted by molar-refractivity contribution is 0.465. The second-order valence-electron chi connectivity index (χ2n) is 4.54. The van der Waals surface area contributed by atoms with Crippen LogP contribution in [-0.4, -0.2) is 4.98 Å². The van der Waals surface area contributed by atoms with E-state index in [-0.39, 0.29) is 5.82 Å². The van der Waals surface area contributed by atoms with Crippen LogP contribution in [0.15, 0.2) is 24.3 Å². The maximum Gasteiger partial charge on any atom is 0.135 e. The van der Waals surface area contributed by atoms with E-state index in [2.05, 4.69) is 4.98 Å². The summed E-state index contributed by atoms with van der Waals surface area (Å²) in [4.78, 5) is 4.35. The second kappa shape index (κ2) is 5.36. The molecule has 1 aromatic heterocycles. The molecular weight excluding hydrogens is 243 g/mol. The summed E-state index contributed by atoms with van der Waals surface area (Å²) in [5, 5.41) is 0. The number of hydrogen-bond acceptors (Lipinski definition) is 3. The Morgan fingerprint density at radius 2 is 1.89 bits per heavy atom. The zero-order valence-electron chi connectivity index (χ0n) is 11.3. The Morgan fingerprint density at radius 3 is 2.58 bits per heavy atom. The van der Waals surface area contributed by atoms with Gasteiger partial charge in [-0.2, -0.15) is 0 Å². The molecule has 0 saturated carbocycles. The molecule has 4 heteroatoms. The molecule has 0 atom stereocenters. The highest BCUT2D eigenvalue weighted by atomic mass is 19.1. The Labute approximate surface area is 112 Å². The van der Waals surface area contributed by atoms with Crippen LogP contribution in [0.1, 0.15) is 22.5 Å². The molecule has 2 N–H and O–H groups in total. The maximum absolute atomic E-state index is 13.3. The van der Waals surface area contributed by atoms with Gasteiger partial charge in [-0.05, 0) is 32.4 Å². The summed E-state index contributed by atoms with van der Waals surface area (Å²) in [6.07, 6.45) is 0. The molecule has 0 aliphatic carbocycles. The first-order valence-electron chi connectivity index (χ1n) is 6.12. The van der Waals surface area contributed by atoms with E-state index < -0.39 is 0 Å². The monoisotopic (exact) mass is 260 g/mol. The third-order valence-corrected chi connectivity index (χ3v) is 2.99. The number of aryl methyl sites for hydroxylation is 3. The Hall–Kier alpha value is -1.94. The van der Waals surface area contributed by atoms with Crippen LogP contribution in [0.2, 0.25) is 0 Å². The molecule has 100 valence electrons. The van der Waals surface area contributed by atoms with Crippen LogP contribution in [0.3, 0.4) is 0 Å². The number of aromatic nitrogens is 1. The van der Waals surface area contributed by atoms with Gasteiger partial charge >= 0.3 is 0 Å². The average molecular weight is 260 g/mol. The van der Waals surface area contributed by atoms with Crippen molar-refractivity contribution in [1.29, 1.82) is 0 Å². The number of nitrogens with two attached hydrogens (primary N) is 1. The van der Waals surface area contributed by atoms with Crippen LogP contribution in [0.4, 0.5) is 4.39 Å². The number of nitrogens with zero attached hydrogens (tertiary/aromatic N) is 1. The molecule has 0 aliphatic heterocycles. The average Bonchev–Trinajstić information content (AvgIpc) is 2.33. The highest BCUT2D eigenvalue weighted by Crippen LogP contribution is 2.30. The highest BCUT2D eigenvalue weighted by molar-refractivity contribution is 5.43. The molecule has 0 amide bonds. The molecule has 2 rings (SSSR count). The number of rotatable bonds is 3. The van der Waals surface area contributed by atoms with Crippen molar-refractivity contribution >= 4 is 0 Å². The maximum atomic E-state index is 13.3. The van der Waals surface area contributed by atoms with Gasteiger partial charge in [-0.3, -0.25) is 4.98 Å². The minimum atomic E-state index is -0.322. The van der Waals surface area contributed by atoms with Crippen LogP contribution in [0.5, 0.6) is 11.5 Å². The summed E-state index contributed by atoms with van der Waals surface area (Å²) in [6.45, 7) is 5.99. The normalized spacial score (nSPS) is 10.6. The Balaban J connectivity index is 2.45. The van der Waals surface area contributed by atoms with Crippen LogP contribution in [0, 0.1) is 26.6 Å². The van der Waals surface area contributed by atoms with Crippen LogP contribution < -0.4 is 10.5 Å². The fourth-order valence-corrected chi connectivity index (χ4v) is 1.96. The van der Waals surface area contributed by atoms with E-state index in [9.17, 15) is 4.39 Å². The van der Waals surface area contributed by atoms with Gasteiger partial charge in [0.15, 0.2) is 0 Å². The quantitative estimate of drug-likeness (QED) is 0.920. The molecule has 0 saturated heterocycles. The van der Waals surface area contributed by atoms with Crippen LogP contribution in [0.25, 0.3) is 0 Å². The van der Waals surface area contributed by atoms with E-state index >= 15 is 0 Å². The van der Waals surface area contributed by atoms with Crippen molar-refractivity contribution in [3.05, 3.63) is 52.6 Å². The summed E-state index contributed by atoms with van der Waals surface area (Å²) >= 11 is 0. The summed E-state index contributed by atoms with van der Waals surface area (Å²) in [6, 6.07) is 6.29. The summed E-state index contributed by atoms with van der Waals surface area (Å²) in [7, 11) is 0. The summed E-state index contributed by atoms with van der Waals surface area (Å²) in [5.41, 5.74) is 9.13. The second-order valence-corrected chi connectivity index (χ2v) is 4.54. The first kappa shape index (κ1) is 13.5. The minimum Gasteiger partial charge on any atom is -0.457 e. The first-order chi connectivity index (χ1) is 9.01. The lowest BCUT2D eigenvalue weighted by Gasteiger charge is -2.14. The van der Waals surface area contributed by atoms with Crippen LogP contribution in [-0.2, 0) is 6.54 Å². The van der Waals surface area contributed by atoms with Gasteiger partial charge in [0.1, 0.15) is 17.3 Å². The van der Waals surface area contributed by atoms with Gasteiger partial charge in [0.2, 0.25) is 0 Å². The standard InChI is InChI=1S/C15H17FN2O/c1-9-4-5-12(16)7-14(9)19-15-6-10(2)18-11(3)13(15)8-17/h4-7H,8,17H2,1-3H3. The SMILES string of the molecule is Cc1cc(Oc2cc(F)ccc2C)c(CN)c(C)n1. The van der Waals surface area contributed by atoms with E-state index in [1.807, 2.05) is 26.8 Å². The van der Waals surface area contributed by atoms with E-state index in [1.54, 1.807) is 6.07 Å². The number of hydrogen-bond donors (Lipinski definition) is 1. The molecule has 0 spiro atoms. The Kier molecular flexibility index (Phi) is 3.81. The smallest absolute Gasteiger partial charge is 0.135 e. The minimum absolute atomic E-state index is 0.322. The highest BCUT2D eigenvalue weighted by Gasteiger charge is 2.11. The fraction of sp³-hybridized carbons (Fsp3) is 0.267. The van der Waals surface area contributed by atoms with Gasteiger partial charge in [0, 0.05) is 35.6 Å². The molecule has 0 radical (unpaired) electrons. The molecular formula is C15H17FN2O. The summed E-state index contributed by atoms with van der Waals surface area (Å²) in [5.74, 6) is 0.818. The zero-order chi connectivity index (χ0) is 14.0. The molecule has 0 bridgehead atoms. The van der Waals surface area contributed by atoms with Crippen molar-refractivity contribution in [3.8, 4) is 11.5 Å². The third kappa shape index (κ3) is 2.90.